The van der Waals surface area contributed by atoms with Crippen molar-refractivity contribution in [1.82, 2.24) is 4.72 Å². The van der Waals surface area contributed by atoms with Crippen LogP contribution in [-0.2, 0) is 14.8 Å². The summed E-state index contributed by atoms with van der Waals surface area (Å²) in [6.45, 7) is 0.823. The summed E-state index contributed by atoms with van der Waals surface area (Å²) >= 11 is 11.9. The van der Waals surface area contributed by atoms with E-state index >= 15 is 0 Å². The molecule has 0 aliphatic carbocycles. The van der Waals surface area contributed by atoms with Crippen LogP contribution >= 0.6 is 23.2 Å². The summed E-state index contributed by atoms with van der Waals surface area (Å²) in [5.41, 5.74) is 0.434. The normalized spacial score (nSPS) is 16.8. The number of rotatable bonds is 6. The first-order valence-electron chi connectivity index (χ1n) is 8.34. The molecule has 1 aliphatic rings. The Labute approximate surface area is 173 Å². The molecule has 150 valence electrons. The molecule has 0 saturated carbocycles. The standard InChI is InChI=1S/C18H18Cl2N2O5S/c1-26-17-3-2-15(28(24,25)22-13-4-5-27-10-13)9-16(17)18(23)21-14-7-11(19)6-12(20)8-14/h2-3,6-9,13,22H,4-5,10H2,1H3,(H,21,23)/t13-/m0/s1. The number of carbonyl (C=O) groups is 1. The molecule has 28 heavy (non-hydrogen) atoms. The summed E-state index contributed by atoms with van der Waals surface area (Å²) in [5, 5.41) is 3.35. The maximum atomic E-state index is 12.7. The third-order valence-electron chi connectivity index (χ3n) is 4.10. The second kappa shape index (κ2) is 8.67. The molecule has 2 N–H and O–H groups in total. The van der Waals surface area contributed by atoms with E-state index in [0.29, 0.717) is 35.4 Å². The van der Waals surface area contributed by atoms with Crippen LogP contribution in [-0.4, -0.2) is 40.7 Å². The molecule has 1 atom stereocenters. The number of halogens is 2. The van der Waals surface area contributed by atoms with Gasteiger partial charge in [0, 0.05) is 28.4 Å². The van der Waals surface area contributed by atoms with Crippen molar-refractivity contribution in [3.05, 3.63) is 52.0 Å². The van der Waals surface area contributed by atoms with Crippen LogP contribution in [0.2, 0.25) is 10.0 Å². The fourth-order valence-electron chi connectivity index (χ4n) is 2.77. The Balaban J connectivity index is 1.88. The van der Waals surface area contributed by atoms with E-state index in [4.69, 9.17) is 32.7 Å². The Morgan fingerprint density at radius 1 is 1.18 bits per heavy atom. The number of sulfonamides is 1. The Bertz CT molecular complexity index is 971. The summed E-state index contributed by atoms with van der Waals surface area (Å²) in [6.07, 6.45) is 0.595. The van der Waals surface area contributed by atoms with Crippen LogP contribution in [0.5, 0.6) is 5.75 Å². The molecule has 0 bridgehead atoms. The van der Waals surface area contributed by atoms with Crippen molar-refractivity contribution in [3.8, 4) is 5.75 Å². The maximum absolute atomic E-state index is 12.7. The van der Waals surface area contributed by atoms with Gasteiger partial charge in [0.15, 0.2) is 0 Å². The minimum atomic E-state index is -3.82. The van der Waals surface area contributed by atoms with E-state index in [9.17, 15) is 13.2 Å². The molecule has 0 radical (unpaired) electrons. The molecule has 1 amide bonds. The van der Waals surface area contributed by atoms with Crippen molar-refractivity contribution < 1.29 is 22.7 Å². The van der Waals surface area contributed by atoms with Gasteiger partial charge in [-0.1, -0.05) is 23.2 Å². The number of anilines is 1. The molecule has 1 fully saturated rings. The molecule has 7 nitrogen and oxygen atoms in total. The van der Waals surface area contributed by atoms with Gasteiger partial charge in [0.1, 0.15) is 5.75 Å². The topological polar surface area (TPSA) is 93.7 Å². The van der Waals surface area contributed by atoms with Crippen LogP contribution in [0.15, 0.2) is 41.3 Å². The first-order chi connectivity index (χ1) is 13.3. The number of methoxy groups -OCH3 is 1. The SMILES string of the molecule is COc1ccc(S(=O)(=O)N[C@H]2CCOC2)cc1C(=O)Nc1cc(Cl)cc(Cl)c1. The Hall–Kier alpha value is -1.84. The van der Waals surface area contributed by atoms with Crippen molar-refractivity contribution in [3.63, 3.8) is 0 Å². The van der Waals surface area contributed by atoms with Gasteiger partial charge in [-0.25, -0.2) is 13.1 Å². The fraction of sp³-hybridized carbons (Fsp3) is 0.278. The molecule has 0 spiro atoms. The zero-order valence-corrected chi connectivity index (χ0v) is 17.2. The van der Waals surface area contributed by atoms with E-state index in [1.54, 1.807) is 0 Å². The van der Waals surface area contributed by atoms with E-state index in [-0.39, 0.29) is 22.3 Å². The lowest BCUT2D eigenvalue weighted by Gasteiger charge is -2.14. The predicted molar refractivity (Wildman–Crippen MR) is 107 cm³/mol. The van der Waals surface area contributed by atoms with Crippen LogP contribution in [0.4, 0.5) is 5.69 Å². The van der Waals surface area contributed by atoms with Gasteiger partial charge in [-0.2, -0.15) is 0 Å². The van der Waals surface area contributed by atoms with E-state index in [1.165, 1.54) is 43.5 Å². The molecule has 10 heteroatoms. The van der Waals surface area contributed by atoms with Crippen molar-refractivity contribution in [2.24, 2.45) is 0 Å². The number of nitrogens with one attached hydrogen (secondary N) is 2. The monoisotopic (exact) mass is 444 g/mol. The van der Waals surface area contributed by atoms with E-state index in [1.807, 2.05) is 0 Å². The summed E-state index contributed by atoms with van der Waals surface area (Å²) in [4.78, 5) is 12.7. The van der Waals surface area contributed by atoms with Crippen LogP contribution < -0.4 is 14.8 Å². The molecule has 2 aromatic rings. The number of hydrogen-bond donors (Lipinski definition) is 2. The third kappa shape index (κ3) is 4.95. The quantitative estimate of drug-likeness (QED) is 0.712. The van der Waals surface area contributed by atoms with Crippen molar-refractivity contribution in [2.45, 2.75) is 17.4 Å². The molecule has 0 unspecified atom stereocenters. The zero-order chi connectivity index (χ0) is 20.3. The smallest absolute Gasteiger partial charge is 0.259 e. The number of benzene rings is 2. The molecule has 1 saturated heterocycles. The zero-order valence-electron chi connectivity index (χ0n) is 14.9. The largest absolute Gasteiger partial charge is 0.496 e. The molecule has 0 aromatic heterocycles. The molecule has 1 aliphatic heterocycles. The van der Waals surface area contributed by atoms with Crippen LogP contribution in [0, 0.1) is 0 Å². The van der Waals surface area contributed by atoms with Gasteiger partial charge in [-0.3, -0.25) is 4.79 Å². The highest BCUT2D eigenvalue weighted by molar-refractivity contribution is 7.89. The van der Waals surface area contributed by atoms with Gasteiger partial charge in [-0.05, 0) is 42.8 Å². The summed E-state index contributed by atoms with van der Waals surface area (Å²) in [7, 11) is -2.43. The van der Waals surface area contributed by atoms with E-state index in [0.717, 1.165) is 0 Å². The maximum Gasteiger partial charge on any atom is 0.259 e. The Kier molecular flexibility index (Phi) is 6.47. The highest BCUT2D eigenvalue weighted by Crippen LogP contribution is 2.26. The van der Waals surface area contributed by atoms with Gasteiger partial charge in [0.2, 0.25) is 10.0 Å². The first-order valence-corrected chi connectivity index (χ1v) is 10.6. The molecule has 1 heterocycles. The van der Waals surface area contributed by atoms with Crippen LogP contribution in [0.1, 0.15) is 16.8 Å². The van der Waals surface area contributed by atoms with Gasteiger partial charge >= 0.3 is 0 Å². The lowest BCUT2D eigenvalue weighted by Crippen LogP contribution is -2.35. The van der Waals surface area contributed by atoms with E-state index in [2.05, 4.69) is 10.0 Å². The van der Waals surface area contributed by atoms with Gasteiger partial charge in [-0.15, -0.1) is 0 Å². The predicted octanol–water partition coefficient (Wildman–Crippen LogP) is 3.32. The van der Waals surface area contributed by atoms with Crippen LogP contribution in [0.3, 0.4) is 0 Å². The van der Waals surface area contributed by atoms with Gasteiger partial charge in [0.25, 0.3) is 5.91 Å². The van der Waals surface area contributed by atoms with Crippen molar-refractivity contribution >= 4 is 44.8 Å². The average Bonchev–Trinajstić information content (AvgIpc) is 3.12. The third-order valence-corrected chi connectivity index (χ3v) is 6.05. The Morgan fingerprint density at radius 2 is 1.89 bits per heavy atom. The average molecular weight is 445 g/mol. The summed E-state index contributed by atoms with van der Waals surface area (Å²) < 4.78 is 38.2. The molecule has 2 aromatic carbocycles. The fourth-order valence-corrected chi connectivity index (χ4v) is 4.58. The van der Waals surface area contributed by atoms with Gasteiger partial charge < -0.3 is 14.8 Å². The lowest BCUT2D eigenvalue weighted by molar-refractivity contribution is 0.102. The number of amides is 1. The van der Waals surface area contributed by atoms with Crippen molar-refractivity contribution in [2.75, 3.05) is 25.6 Å². The highest BCUT2D eigenvalue weighted by Gasteiger charge is 2.25. The second-order valence-corrected chi connectivity index (χ2v) is 8.74. The summed E-state index contributed by atoms with van der Waals surface area (Å²) in [5.74, 6) is -0.329. The number of hydrogen-bond acceptors (Lipinski definition) is 5. The lowest BCUT2D eigenvalue weighted by atomic mass is 10.2. The van der Waals surface area contributed by atoms with E-state index < -0.39 is 15.9 Å². The molecular weight excluding hydrogens is 427 g/mol. The highest BCUT2D eigenvalue weighted by atomic mass is 35.5. The minimum Gasteiger partial charge on any atom is -0.496 e. The number of carbonyl (C=O) groups excluding carboxylic acids is 1. The Morgan fingerprint density at radius 3 is 2.50 bits per heavy atom. The van der Waals surface area contributed by atoms with Crippen molar-refractivity contribution in [1.29, 1.82) is 0 Å². The van der Waals surface area contributed by atoms with Crippen LogP contribution in [0.25, 0.3) is 0 Å². The van der Waals surface area contributed by atoms with Gasteiger partial charge in [0.05, 0.1) is 24.2 Å². The summed E-state index contributed by atoms with van der Waals surface area (Å²) in [6, 6.07) is 8.37. The second-order valence-electron chi connectivity index (χ2n) is 6.16. The number of ether oxygens (including phenoxy) is 2. The minimum absolute atomic E-state index is 0.0468. The molecular formula is C18H18Cl2N2O5S. The first kappa shape index (κ1) is 20.9. The molecule has 3 rings (SSSR count).